The molecule has 0 aliphatic carbocycles. The van der Waals surface area contributed by atoms with E-state index in [0.29, 0.717) is 18.9 Å². The molecular weight excluding hydrogens is 246 g/mol. The lowest BCUT2D eigenvalue weighted by Gasteiger charge is -2.26. The van der Waals surface area contributed by atoms with Crippen LogP contribution < -0.4 is 10.6 Å². The second-order valence-electron chi connectivity index (χ2n) is 4.54. The maximum Gasteiger partial charge on any atom is 0.245 e. The van der Waals surface area contributed by atoms with Crippen molar-refractivity contribution in [3.05, 3.63) is 11.8 Å². The van der Waals surface area contributed by atoms with Crippen molar-refractivity contribution < 1.29 is 9.59 Å². The highest BCUT2D eigenvalue weighted by atomic mass is 16.2. The highest BCUT2D eigenvalue weighted by molar-refractivity contribution is 5.94. The Balaban J connectivity index is 1.93. The van der Waals surface area contributed by atoms with Crippen LogP contribution in [0.25, 0.3) is 0 Å². The van der Waals surface area contributed by atoms with Crippen molar-refractivity contribution in [2.45, 2.75) is 13.3 Å². The number of aryl methyl sites for hydroxylation is 2. The van der Waals surface area contributed by atoms with E-state index in [-0.39, 0.29) is 18.4 Å². The van der Waals surface area contributed by atoms with Gasteiger partial charge in [-0.2, -0.15) is 5.10 Å². The minimum absolute atomic E-state index is 0.0411. The second kappa shape index (κ2) is 5.83. The van der Waals surface area contributed by atoms with E-state index >= 15 is 0 Å². The summed E-state index contributed by atoms with van der Waals surface area (Å²) in [5.74, 6) is 0.422. The summed E-state index contributed by atoms with van der Waals surface area (Å²) in [5, 5.41) is 10.0. The largest absolute Gasteiger partial charge is 0.331 e. The molecule has 1 saturated heterocycles. The number of amides is 2. The zero-order valence-corrected chi connectivity index (χ0v) is 11.3. The molecule has 19 heavy (non-hydrogen) atoms. The Hall–Kier alpha value is -1.89. The number of rotatable bonds is 4. The van der Waals surface area contributed by atoms with Gasteiger partial charge in [0.2, 0.25) is 11.8 Å². The fourth-order valence-corrected chi connectivity index (χ4v) is 1.99. The van der Waals surface area contributed by atoms with Crippen molar-refractivity contribution in [2.24, 2.45) is 7.05 Å². The molecule has 2 heterocycles. The average Bonchev–Trinajstić information content (AvgIpc) is 2.73. The number of nitrogens with zero attached hydrogens (tertiary/aromatic N) is 3. The van der Waals surface area contributed by atoms with E-state index in [2.05, 4.69) is 15.7 Å². The van der Waals surface area contributed by atoms with Crippen LogP contribution in [0, 0.1) is 0 Å². The number of hydrogen-bond donors (Lipinski definition) is 2. The summed E-state index contributed by atoms with van der Waals surface area (Å²) in [6.45, 7) is 3.70. The molecular formula is C12H19N5O2. The molecule has 7 nitrogen and oxygen atoms in total. The molecule has 104 valence electrons. The topological polar surface area (TPSA) is 79.3 Å². The molecule has 0 atom stereocenters. The first kappa shape index (κ1) is 13.5. The first-order valence-corrected chi connectivity index (χ1v) is 6.41. The Labute approximate surface area is 111 Å². The van der Waals surface area contributed by atoms with Crippen LogP contribution in [-0.2, 0) is 23.1 Å². The Bertz CT molecular complexity index is 482. The predicted octanol–water partition coefficient (Wildman–Crippen LogP) is -0.647. The van der Waals surface area contributed by atoms with Gasteiger partial charge in [-0.1, -0.05) is 6.92 Å². The van der Waals surface area contributed by atoms with Crippen LogP contribution in [0.4, 0.5) is 5.82 Å². The van der Waals surface area contributed by atoms with Gasteiger partial charge in [0.25, 0.3) is 0 Å². The van der Waals surface area contributed by atoms with E-state index in [1.807, 2.05) is 13.0 Å². The zero-order valence-electron chi connectivity index (χ0n) is 11.3. The second-order valence-corrected chi connectivity index (χ2v) is 4.54. The first-order valence-electron chi connectivity index (χ1n) is 6.41. The van der Waals surface area contributed by atoms with Crippen molar-refractivity contribution in [3.8, 4) is 0 Å². The number of piperazine rings is 1. The third-order valence-electron chi connectivity index (χ3n) is 3.08. The number of aromatic nitrogens is 2. The predicted molar refractivity (Wildman–Crippen MR) is 70.7 cm³/mol. The van der Waals surface area contributed by atoms with Crippen LogP contribution in [0.15, 0.2) is 6.07 Å². The van der Waals surface area contributed by atoms with Crippen molar-refractivity contribution in [2.75, 3.05) is 31.5 Å². The normalized spacial score (nSPS) is 15.7. The highest BCUT2D eigenvalue weighted by Crippen LogP contribution is 2.09. The summed E-state index contributed by atoms with van der Waals surface area (Å²) in [7, 11) is 1.78. The monoisotopic (exact) mass is 265 g/mol. The quantitative estimate of drug-likeness (QED) is 0.758. The molecule has 0 aromatic carbocycles. The van der Waals surface area contributed by atoms with Crippen molar-refractivity contribution in [1.29, 1.82) is 0 Å². The van der Waals surface area contributed by atoms with Crippen molar-refractivity contribution >= 4 is 17.6 Å². The van der Waals surface area contributed by atoms with Gasteiger partial charge < -0.3 is 15.5 Å². The smallest absolute Gasteiger partial charge is 0.245 e. The molecule has 2 N–H and O–H groups in total. The Kier molecular flexibility index (Phi) is 4.16. The summed E-state index contributed by atoms with van der Waals surface area (Å²) in [4.78, 5) is 25.0. The summed E-state index contributed by atoms with van der Waals surface area (Å²) in [6, 6.07) is 1.84. The fourth-order valence-electron chi connectivity index (χ4n) is 1.99. The summed E-state index contributed by atoms with van der Waals surface area (Å²) < 4.78 is 1.64. The molecule has 2 amide bonds. The van der Waals surface area contributed by atoms with E-state index in [1.165, 1.54) is 0 Å². The lowest BCUT2D eigenvalue weighted by molar-refractivity contribution is -0.135. The van der Waals surface area contributed by atoms with Gasteiger partial charge in [0.05, 0.1) is 18.8 Å². The van der Waals surface area contributed by atoms with Gasteiger partial charge in [-0.25, -0.2) is 0 Å². The zero-order chi connectivity index (χ0) is 13.8. The van der Waals surface area contributed by atoms with Crippen LogP contribution in [0.5, 0.6) is 0 Å². The van der Waals surface area contributed by atoms with Crippen molar-refractivity contribution in [1.82, 2.24) is 20.0 Å². The fraction of sp³-hybridized carbons (Fsp3) is 0.583. The molecule has 0 bridgehead atoms. The third kappa shape index (κ3) is 3.31. The Morgan fingerprint density at radius 1 is 1.58 bits per heavy atom. The van der Waals surface area contributed by atoms with E-state index in [0.717, 1.165) is 18.7 Å². The number of carbonyl (C=O) groups excluding carboxylic acids is 2. The van der Waals surface area contributed by atoms with Gasteiger partial charge >= 0.3 is 0 Å². The molecule has 0 saturated carbocycles. The molecule has 2 rings (SSSR count). The summed E-state index contributed by atoms with van der Waals surface area (Å²) >= 11 is 0. The van der Waals surface area contributed by atoms with Gasteiger partial charge in [-0.05, 0) is 6.42 Å². The van der Waals surface area contributed by atoms with Gasteiger partial charge in [0.15, 0.2) is 0 Å². The van der Waals surface area contributed by atoms with E-state index in [1.54, 1.807) is 16.6 Å². The van der Waals surface area contributed by atoms with Gasteiger partial charge in [0, 0.05) is 26.2 Å². The summed E-state index contributed by atoms with van der Waals surface area (Å²) in [5.41, 5.74) is 0.927. The Morgan fingerprint density at radius 3 is 3.00 bits per heavy atom. The number of nitrogens with one attached hydrogen (secondary N) is 2. The van der Waals surface area contributed by atoms with E-state index in [9.17, 15) is 9.59 Å². The van der Waals surface area contributed by atoms with Crippen LogP contribution in [0.2, 0.25) is 0 Å². The van der Waals surface area contributed by atoms with Crippen LogP contribution in [0.1, 0.15) is 12.6 Å². The molecule has 7 heteroatoms. The molecule has 1 aromatic rings. The van der Waals surface area contributed by atoms with Gasteiger partial charge in [-0.3, -0.25) is 14.3 Å². The van der Waals surface area contributed by atoms with E-state index < -0.39 is 0 Å². The maximum atomic E-state index is 11.9. The van der Waals surface area contributed by atoms with Gasteiger partial charge in [-0.15, -0.1) is 0 Å². The maximum absolute atomic E-state index is 11.9. The highest BCUT2D eigenvalue weighted by Gasteiger charge is 2.20. The summed E-state index contributed by atoms with van der Waals surface area (Å²) in [6.07, 6.45) is 0.819. The lowest BCUT2D eigenvalue weighted by atomic mass is 10.3. The third-order valence-corrected chi connectivity index (χ3v) is 3.08. The molecule has 1 aliphatic rings. The molecule has 0 spiro atoms. The molecule has 0 unspecified atom stereocenters. The number of anilines is 1. The molecule has 0 radical (unpaired) electrons. The SMILES string of the molecule is CCc1cc(NC(=O)CN2CCNCC2=O)n(C)n1. The number of hydrogen-bond acceptors (Lipinski definition) is 4. The van der Waals surface area contributed by atoms with Crippen LogP contribution in [0.3, 0.4) is 0 Å². The van der Waals surface area contributed by atoms with Crippen LogP contribution >= 0.6 is 0 Å². The Morgan fingerprint density at radius 2 is 2.37 bits per heavy atom. The minimum atomic E-state index is -0.194. The van der Waals surface area contributed by atoms with E-state index in [4.69, 9.17) is 0 Å². The first-order chi connectivity index (χ1) is 9.10. The molecule has 1 fully saturated rings. The standard InChI is InChI=1S/C12H19N5O2/c1-3-9-6-10(16(2)15-9)14-11(18)8-17-5-4-13-7-12(17)19/h6,13H,3-5,7-8H2,1-2H3,(H,14,18). The lowest BCUT2D eigenvalue weighted by Crippen LogP contribution is -2.50. The van der Waals surface area contributed by atoms with Crippen molar-refractivity contribution in [3.63, 3.8) is 0 Å². The molecule has 1 aromatic heterocycles. The van der Waals surface area contributed by atoms with Gasteiger partial charge in [0.1, 0.15) is 5.82 Å². The number of carbonyl (C=O) groups is 2. The molecule has 1 aliphatic heterocycles. The van der Waals surface area contributed by atoms with Crippen LogP contribution in [-0.4, -0.2) is 52.7 Å². The minimum Gasteiger partial charge on any atom is -0.331 e. The average molecular weight is 265 g/mol.